The van der Waals surface area contributed by atoms with E-state index in [0.717, 1.165) is 11.1 Å². The Hall–Kier alpha value is -1.94. The molecule has 6 heteroatoms. The van der Waals surface area contributed by atoms with Crippen LogP contribution in [0.2, 0.25) is 0 Å². The maximum atomic E-state index is 12.7. The van der Waals surface area contributed by atoms with E-state index in [9.17, 15) is 4.79 Å². The summed E-state index contributed by atoms with van der Waals surface area (Å²) in [6.45, 7) is 0. The summed E-state index contributed by atoms with van der Waals surface area (Å²) in [7, 11) is 2.01. The van der Waals surface area contributed by atoms with Gasteiger partial charge >= 0.3 is 5.97 Å². The van der Waals surface area contributed by atoms with Crippen molar-refractivity contribution < 1.29 is 18.6 Å². The number of benzene rings is 2. The fourth-order valence-corrected chi connectivity index (χ4v) is 5.89. The van der Waals surface area contributed by atoms with Crippen molar-refractivity contribution in [3.8, 4) is 0 Å². The molecule has 0 spiro atoms. The maximum absolute atomic E-state index is 12.7. The number of carbonyl (C=O) groups is 1. The maximum Gasteiger partial charge on any atom is 0.312 e. The molecular formula is C19H22NO4P. The van der Waals surface area contributed by atoms with Crippen LogP contribution in [0.5, 0.6) is 0 Å². The Morgan fingerprint density at radius 2 is 1.44 bits per heavy atom. The molecule has 1 unspecified atom stereocenters. The zero-order chi connectivity index (χ0) is 17.9. The predicted molar refractivity (Wildman–Crippen MR) is 97.4 cm³/mol. The second-order valence-electron chi connectivity index (χ2n) is 5.86. The molecule has 0 amide bonds. The van der Waals surface area contributed by atoms with Gasteiger partial charge < -0.3 is 13.8 Å². The molecule has 132 valence electrons. The Bertz CT molecular complexity index is 744. The quantitative estimate of drug-likeness (QED) is 0.597. The summed E-state index contributed by atoms with van der Waals surface area (Å²) in [5.74, 6) is -0.831. The smallest absolute Gasteiger partial charge is 0.312 e. The lowest BCUT2D eigenvalue weighted by molar-refractivity contribution is -0.146. The van der Waals surface area contributed by atoms with Crippen molar-refractivity contribution in [2.75, 3.05) is 27.5 Å². The van der Waals surface area contributed by atoms with Gasteiger partial charge in [-0.05, 0) is 11.1 Å². The van der Waals surface area contributed by atoms with Crippen molar-refractivity contribution >= 4 is 13.5 Å². The molecule has 5 nitrogen and oxygen atoms in total. The standard InChI is InChI=1S/C19H22NO4P/c1-22-18(21)17-14-25(23-2,24-3)20-19(17,15-10-6-4-7-11-15)16-12-8-5-9-13-16/h4-13,17H,14H2,1-3H3. The Morgan fingerprint density at radius 3 is 1.84 bits per heavy atom. The highest BCUT2D eigenvalue weighted by Crippen LogP contribution is 2.65. The number of ether oxygens (including phenoxy) is 1. The molecule has 2 aromatic rings. The van der Waals surface area contributed by atoms with Crippen LogP contribution in [-0.4, -0.2) is 33.5 Å². The molecule has 0 aliphatic carbocycles. The van der Waals surface area contributed by atoms with Gasteiger partial charge in [-0.25, -0.2) is 4.74 Å². The zero-order valence-corrected chi connectivity index (χ0v) is 15.5. The van der Waals surface area contributed by atoms with E-state index in [2.05, 4.69) is 0 Å². The molecule has 1 atom stereocenters. The molecule has 25 heavy (non-hydrogen) atoms. The monoisotopic (exact) mass is 359 g/mol. The summed E-state index contributed by atoms with van der Waals surface area (Å²) < 4.78 is 21.5. The van der Waals surface area contributed by atoms with Crippen molar-refractivity contribution in [2.45, 2.75) is 5.54 Å². The first-order valence-corrected chi connectivity index (χ1v) is 9.81. The van der Waals surface area contributed by atoms with Gasteiger partial charge in [-0.3, -0.25) is 4.79 Å². The van der Waals surface area contributed by atoms with Crippen LogP contribution in [0, 0.1) is 5.92 Å². The van der Waals surface area contributed by atoms with E-state index in [1.807, 2.05) is 60.7 Å². The van der Waals surface area contributed by atoms with E-state index in [1.165, 1.54) is 7.11 Å². The minimum absolute atomic E-state index is 0.313. The third-order valence-electron chi connectivity index (χ3n) is 4.71. The number of esters is 1. The van der Waals surface area contributed by atoms with Gasteiger partial charge in [-0.15, -0.1) is 0 Å². The van der Waals surface area contributed by atoms with Crippen molar-refractivity contribution in [3.63, 3.8) is 0 Å². The van der Waals surface area contributed by atoms with Crippen LogP contribution in [0.1, 0.15) is 11.1 Å². The highest BCUT2D eigenvalue weighted by atomic mass is 31.2. The van der Waals surface area contributed by atoms with Crippen LogP contribution in [0.3, 0.4) is 0 Å². The van der Waals surface area contributed by atoms with E-state index in [1.54, 1.807) is 14.2 Å². The van der Waals surface area contributed by atoms with Gasteiger partial charge in [-0.2, -0.15) is 0 Å². The molecule has 0 bridgehead atoms. The van der Waals surface area contributed by atoms with Crippen molar-refractivity contribution in [2.24, 2.45) is 10.7 Å². The molecule has 3 rings (SSSR count). The van der Waals surface area contributed by atoms with Crippen LogP contribution in [0.4, 0.5) is 0 Å². The summed E-state index contributed by atoms with van der Waals surface area (Å²) in [5.41, 5.74) is 0.954. The Labute approximate surface area is 148 Å². The second-order valence-corrected chi connectivity index (χ2v) is 8.43. The lowest BCUT2D eigenvalue weighted by Gasteiger charge is -2.32. The Morgan fingerprint density at radius 1 is 0.960 bits per heavy atom. The molecular weight excluding hydrogens is 337 g/mol. The SMILES string of the molecule is COC(=O)C1CP(OC)(OC)=NC1(c1ccccc1)c1ccccc1. The van der Waals surface area contributed by atoms with E-state index in [4.69, 9.17) is 18.5 Å². The van der Waals surface area contributed by atoms with Gasteiger partial charge in [0.05, 0.1) is 7.11 Å². The van der Waals surface area contributed by atoms with E-state index in [-0.39, 0.29) is 5.97 Å². The summed E-state index contributed by atoms with van der Waals surface area (Å²) in [6, 6.07) is 19.6. The van der Waals surface area contributed by atoms with Gasteiger partial charge in [0.2, 0.25) is 7.51 Å². The second kappa shape index (κ2) is 7.12. The van der Waals surface area contributed by atoms with E-state index >= 15 is 0 Å². The molecule has 0 saturated heterocycles. The largest absolute Gasteiger partial charge is 0.469 e. The van der Waals surface area contributed by atoms with Gasteiger partial charge in [0.15, 0.2) is 0 Å². The third-order valence-corrected chi connectivity index (χ3v) is 7.30. The normalized spacial score (nSPS) is 20.7. The average Bonchev–Trinajstić information content (AvgIpc) is 3.06. The topological polar surface area (TPSA) is 57.1 Å². The summed E-state index contributed by atoms with van der Waals surface area (Å²) >= 11 is 0. The molecule has 0 radical (unpaired) electrons. The molecule has 1 heterocycles. The number of hydrogen-bond acceptors (Lipinski definition) is 5. The van der Waals surface area contributed by atoms with Gasteiger partial charge in [-0.1, -0.05) is 60.7 Å². The first-order chi connectivity index (χ1) is 12.1. The number of carbonyl (C=O) groups excluding carboxylic acids is 1. The first-order valence-electron chi connectivity index (χ1n) is 8.04. The molecule has 0 saturated carbocycles. The molecule has 0 aromatic heterocycles. The van der Waals surface area contributed by atoms with Gasteiger partial charge in [0.25, 0.3) is 0 Å². The minimum Gasteiger partial charge on any atom is -0.469 e. The average molecular weight is 359 g/mol. The third kappa shape index (κ3) is 2.93. The number of hydrogen-bond donors (Lipinski definition) is 0. The highest BCUT2D eigenvalue weighted by molar-refractivity contribution is 7.56. The molecule has 1 aliphatic rings. The number of nitrogens with zero attached hydrogens (tertiary/aromatic N) is 1. The van der Waals surface area contributed by atoms with Gasteiger partial charge in [0.1, 0.15) is 11.5 Å². The Kier molecular flexibility index (Phi) is 5.09. The minimum atomic E-state index is -2.56. The lowest BCUT2D eigenvalue weighted by atomic mass is 9.74. The molecule has 0 fully saturated rings. The Balaban J connectivity index is 2.34. The summed E-state index contributed by atoms with van der Waals surface area (Å²) in [5, 5.41) is 0. The van der Waals surface area contributed by atoms with Crippen LogP contribution in [0.15, 0.2) is 65.4 Å². The van der Waals surface area contributed by atoms with Crippen LogP contribution in [-0.2, 0) is 24.1 Å². The lowest BCUT2D eigenvalue weighted by Crippen LogP contribution is -2.38. The van der Waals surface area contributed by atoms with E-state index in [0.29, 0.717) is 6.16 Å². The molecule has 1 aliphatic heterocycles. The van der Waals surface area contributed by atoms with Crippen molar-refractivity contribution in [3.05, 3.63) is 71.8 Å². The predicted octanol–water partition coefficient (Wildman–Crippen LogP) is 4.06. The van der Waals surface area contributed by atoms with E-state index < -0.39 is 19.0 Å². The van der Waals surface area contributed by atoms with Crippen LogP contribution < -0.4 is 0 Å². The molecule has 0 N–H and O–H groups in total. The molecule has 2 aromatic carbocycles. The highest BCUT2D eigenvalue weighted by Gasteiger charge is 2.55. The summed E-state index contributed by atoms with van der Waals surface area (Å²) in [6.07, 6.45) is 0.385. The van der Waals surface area contributed by atoms with Crippen molar-refractivity contribution in [1.82, 2.24) is 0 Å². The summed E-state index contributed by atoms with van der Waals surface area (Å²) in [4.78, 5) is 12.7. The van der Waals surface area contributed by atoms with Gasteiger partial charge in [0, 0.05) is 20.4 Å². The zero-order valence-electron chi connectivity index (χ0n) is 14.6. The van der Waals surface area contributed by atoms with Crippen LogP contribution >= 0.6 is 7.51 Å². The number of rotatable bonds is 5. The first kappa shape index (κ1) is 17.9. The van der Waals surface area contributed by atoms with Crippen molar-refractivity contribution in [1.29, 1.82) is 0 Å². The fourth-order valence-electron chi connectivity index (χ4n) is 3.48. The van der Waals surface area contributed by atoms with Crippen LogP contribution in [0.25, 0.3) is 0 Å². The fraction of sp³-hybridized carbons (Fsp3) is 0.316. The number of methoxy groups -OCH3 is 1.